The highest BCUT2D eigenvalue weighted by Crippen LogP contribution is 2.23. The van der Waals surface area contributed by atoms with Crippen LogP contribution in [0.4, 0.5) is 19.3 Å². The highest BCUT2D eigenvalue weighted by molar-refractivity contribution is 6.08. The lowest BCUT2D eigenvalue weighted by atomic mass is 9.95. The number of amides is 4. The quantitative estimate of drug-likeness (QED) is 0.505. The average Bonchev–Trinajstić information content (AvgIpc) is 2.86. The van der Waals surface area contributed by atoms with E-state index in [0.717, 1.165) is 35.9 Å². The Morgan fingerprint density at radius 1 is 1.28 bits per heavy atom. The van der Waals surface area contributed by atoms with Gasteiger partial charge in [-0.1, -0.05) is 19.8 Å². The molecule has 158 valence electrons. The number of hydrogen-bond donors (Lipinski definition) is 2. The van der Waals surface area contributed by atoms with Gasteiger partial charge >= 0.3 is 12.0 Å². The summed E-state index contributed by atoms with van der Waals surface area (Å²) in [5.74, 6) is -4.48. The zero-order valence-corrected chi connectivity index (χ0v) is 16.4. The Labute approximate surface area is 166 Å². The Hall–Kier alpha value is -3.04. The van der Waals surface area contributed by atoms with Crippen LogP contribution >= 0.6 is 0 Å². The van der Waals surface area contributed by atoms with Crippen LogP contribution in [0.3, 0.4) is 0 Å². The fraction of sp³-hybridized carbons (Fsp3) is 0.474. The largest absolute Gasteiger partial charge is 0.451 e. The second-order valence-electron chi connectivity index (χ2n) is 7.01. The molecule has 0 spiro atoms. The maximum Gasteiger partial charge on any atom is 0.327 e. The average molecular weight is 411 g/mol. The van der Waals surface area contributed by atoms with Crippen molar-refractivity contribution in [3.8, 4) is 0 Å². The second kappa shape index (κ2) is 8.97. The van der Waals surface area contributed by atoms with Gasteiger partial charge in [0.2, 0.25) is 0 Å². The Kier molecular flexibility index (Phi) is 6.89. The molecule has 0 aromatic heterocycles. The summed E-state index contributed by atoms with van der Waals surface area (Å²) in [5.41, 5.74) is -1.10. The van der Waals surface area contributed by atoms with Gasteiger partial charge in [-0.25, -0.2) is 13.6 Å². The van der Waals surface area contributed by atoms with E-state index in [9.17, 15) is 28.0 Å². The topological polar surface area (TPSA) is 105 Å². The van der Waals surface area contributed by atoms with Crippen molar-refractivity contribution in [1.82, 2.24) is 10.2 Å². The Morgan fingerprint density at radius 2 is 1.97 bits per heavy atom. The van der Waals surface area contributed by atoms with Crippen molar-refractivity contribution in [2.45, 2.75) is 51.7 Å². The number of benzene rings is 1. The van der Waals surface area contributed by atoms with Crippen LogP contribution in [0.5, 0.6) is 0 Å². The van der Waals surface area contributed by atoms with E-state index < -0.39 is 53.6 Å². The molecule has 4 amide bonds. The second-order valence-corrected chi connectivity index (χ2v) is 7.01. The molecule has 1 aliphatic heterocycles. The van der Waals surface area contributed by atoms with Crippen LogP contribution in [-0.2, 0) is 19.1 Å². The first-order valence-corrected chi connectivity index (χ1v) is 9.17. The highest BCUT2D eigenvalue weighted by Gasteiger charge is 2.48. The minimum atomic E-state index is -1.29. The van der Waals surface area contributed by atoms with Crippen LogP contribution in [0.25, 0.3) is 0 Å². The van der Waals surface area contributed by atoms with E-state index in [-0.39, 0.29) is 5.69 Å². The molecule has 1 aromatic carbocycles. The van der Waals surface area contributed by atoms with Crippen LogP contribution in [-0.4, -0.2) is 46.9 Å². The van der Waals surface area contributed by atoms with Gasteiger partial charge in [0.05, 0.1) is 0 Å². The zero-order chi connectivity index (χ0) is 21.8. The number of carbonyl (C=O) groups is 4. The predicted molar refractivity (Wildman–Crippen MR) is 98.7 cm³/mol. The van der Waals surface area contributed by atoms with E-state index in [2.05, 4.69) is 10.6 Å². The molecule has 0 unspecified atom stereocenters. The molecule has 0 radical (unpaired) electrons. The van der Waals surface area contributed by atoms with E-state index >= 15 is 0 Å². The maximum atomic E-state index is 13.2. The van der Waals surface area contributed by atoms with Gasteiger partial charge in [-0.15, -0.1) is 0 Å². The van der Waals surface area contributed by atoms with E-state index in [1.165, 1.54) is 6.92 Å². The van der Waals surface area contributed by atoms with Crippen molar-refractivity contribution in [3.05, 3.63) is 29.8 Å². The van der Waals surface area contributed by atoms with E-state index in [1.54, 1.807) is 6.92 Å². The summed E-state index contributed by atoms with van der Waals surface area (Å²) < 4.78 is 31.1. The summed E-state index contributed by atoms with van der Waals surface area (Å²) in [6.45, 7) is 4.16. The van der Waals surface area contributed by atoms with E-state index in [1.807, 2.05) is 6.92 Å². The van der Waals surface area contributed by atoms with Crippen LogP contribution in [0.15, 0.2) is 18.2 Å². The van der Waals surface area contributed by atoms with Gasteiger partial charge in [0.25, 0.3) is 11.8 Å². The van der Waals surface area contributed by atoms with Gasteiger partial charge in [-0.2, -0.15) is 0 Å². The maximum absolute atomic E-state index is 13.2. The summed E-state index contributed by atoms with van der Waals surface area (Å²) in [5, 5.41) is 4.85. The van der Waals surface area contributed by atoms with Crippen molar-refractivity contribution >= 4 is 29.5 Å². The number of hydrogen-bond acceptors (Lipinski definition) is 5. The summed E-state index contributed by atoms with van der Waals surface area (Å²) >= 11 is 0. The van der Waals surface area contributed by atoms with Crippen LogP contribution in [0.2, 0.25) is 0 Å². The fourth-order valence-corrected chi connectivity index (χ4v) is 2.83. The molecule has 2 rings (SSSR count). The molecule has 0 saturated carbocycles. The minimum Gasteiger partial charge on any atom is -0.451 e. The number of imide groups is 1. The first kappa shape index (κ1) is 22.3. The molecular formula is C19H23F2N3O5. The van der Waals surface area contributed by atoms with Gasteiger partial charge in [0.15, 0.2) is 17.7 Å². The van der Waals surface area contributed by atoms with Gasteiger partial charge in [-0.05, 0) is 32.4 Å². The first-order chi connectivity index (χ1) is 13.6. The molecule has 0 bridgehead atoms. The normalized spacial score (nSPS) is 19.7. The predicted octanol–water partition coefficient (Wildman–Crippen LogP) is 2.34. The molecule has 1 aliphatic rings. The molecular weight excluding hydrogens is 388 g/mol. The van der Waals surface area contributed by atoms with Crippen LogP contribution < -0.4 is 10.6 Å². The zero-order valence-electron chi connectivity index (χ0n) is 16.4. The van der Waals surface area contributed by atoms with Crippen LogP contribution in [0.1, 0.15) is 40.0 Å². The number of nitrogens with one attached hydrogen (secondary N) is 2. The summed E-state index contributed by atoms with van der Waals surface area (Å²) in [6.07, 6.45) is 0.711. The van der Waals surface area contributed by atoms with Gasteiger partial charge in [-0.3, -0.25) is 19.3 Å². The van der Waals surface area contributed by atoms with Gasteiger partial charge in [0, 0.05) is 11.8 Å². The van der Waals surface area contributed by atoms with Crippen molar-refractivity contribution in [2.24, 2.45) is 0 Å². The SMILES string of the molecule is CCCC[C@]1(C)NC(=O)N(CC(=O)O[C@@H](C)C(=O)Nc2ccc(F)c(F)c2)C1=O. The summed E-state index contributed by atoms with van der Waals surface area (Å²) in [7, 11) is 0. The smallest absolute Gasteiger partial charge is 0.327 e. The lowest BCUT2D eigenvalue weighted by Crippen LogP contribution is -2.44. The van der Waals surface area contributed by atoms with Gasteiger partial charge in [0.1, 0.15) is 12.1 Å². The molecule has 1 saturated heterocycles. The number of unbranched alkanes of at least 4 members (excludes halogenated alkanes) is 1. The lowest BCUT2D eigenvalue weighted by Gasteiger charge is -2.21. The molecule has 2 N–H and O–H groups in total. The molecule has 29 heavy (non-hydrogen) atoms. The third-order valence-electron chi connectivity index (χ3n) is 4.53. The standard InChI is InChI=1S/C19H23F2N3O5/c1-4-5-8-19(3)17(27)24(18(28)23-19)10-15(25)29-11(2)16(26)22-12-6-7-13(20)14(21)9-12/h6-7,9,11H,4-5,8,10H2,1-3H3,(H,22,26)(H,23,28)/t11-,19-/m0/s1. The van der Waals surface area contributed by atoms with Crippen molar-refractivity contribution < 1.29 is 32.7 Å². The Bertz CT molecular complexity index is 832. The number of urea groups is 1. The van der Waals surface area contributed by atoms with E-state index in [4.69, 9.17) is 4.74 Å². The number of esters is 1. The third-order valence-corrected chi connectivity index (χ3v) is 4.53. The van der Waals surface area contributed by atoms with E-state index in [0.29, 0.717) is 6.42 Å². The molecule has 1 fully saturated rings. The van der Waals surface area contributed by atoms with Gasteiger partial charge < -0.3 is 15.4 Å². The Balaban J connectivity index is 1.92. The highest BCUT2D eigenvalue weighted by atomic mass is 19.2. The van der Waals surface area contributed by atoms with Crippen LogP contribution in [0, 0.1) is 11.6 Å². The summed E-state index contributed by atoms with van der Waals surface area (Å²) in [6, 6.07) is 2.07. The number of ether oxygens (including phenoxy) is 1. The summed E-state index contributed by atoms with van der Waals surface area (Å²) in [4.78, 5) is 49.5. The van der Waals surface area contributed by atoms with Crippen molar-refractivity contribution in [3.63, 3.8) is 0 Å². The number of nitrogens with zero attached hydrogens (tertiary/aromatic N) is 1. The molecule has 8 nitrogen and oxygen atoms in total. The lowest BCUT2D eigenvalue weighted by molar-refractivity contribution is -0.155. The molecule has 10 heteroatoms. The number of halogens is 2. The molecule has 2 atom stereocenters. The van der Waals surface area contributed by atoms with Crippen molar-refractivity contribution in [1.29, 1.82) is 0 Å². The Morgan fingerprint density at radius 3 is 2.59 bits per heavy atom. The number of carbonyl (C=O) groups excluding carboxylic acids is 4. The fourth-order valence-electron chi connectivity index (χ4n) is 2.83. The minimum absolute atomic E-state index is 0.0161. The van der Waals surface area contributed by atoms with Crippen molar-refractivity contribution in [2.75, 3.05) is 11.9 Å². The number of rotatable bonds is 8. The first-order valence-electron chi connectivity index (χ1n) is 9.17. The molecule has 0 aliphatic carbocycles. The monoisotopic (exact) mass is 411 g/mol. The number of anilines is 1. The molecule has 1 heterocycles. The molecule has 1 aromatic rings. The third kappa shape index (κ3) is 5.27.